The van der Waals surface area contributed by atoms with Crippen molar-refractivity contribution in [2.75, 3.05) is 4.90 Å². The summed E-state index contributed by atoms with van der Waals surface area (Å²) in [4.78, 5) is 37.7. The Morgan fingerprint density at radius 3 is 2.45 bits per heavy atom. The van der Waals surface area contributed by atoms with Crippen molar-refractivity contribution in [1.29, 1.82) is 0 Å². The number of benzene rings is 1. The third-order valence-corrected chi connectivity index (χ3v) is 3.47. The summed E-state index contributed by atoms with van der Waals surface area (Å²) in [7, 11) is 0. The smallest absolute Gasteiger partial charge is 0.421 e. The van der Waals surface area contributed by atoms with Crippen molar-refractivity contribution >= 4 is 23.5 Å². The molecule has 22 heavy (non-hydrogen) atoms. The van der Waals surface area contributed by atoms with Gasteiger partial charge in [0.25, 0.3) is 0 Å². The lowest BCUT2D eigenvalue weighted by Gasteiger charge is -2.24. The second kappa shape index (κ2) is 5.91. The lowest BCUT2D eigenvalue weighted by atomic mass is 9.94. The van der Waals surface area contributed by atoms with E-state index >= 15 is 0 Å². The van der Waals surface area contributed by atoms with E-state index in [1.807, 2.05) is 0 Å². The van der Waals surface area contributed by atoms with Gasteiger partial charge in [-0.1, -0.05) is 25.1 Å². The van der Waals surface area contributed by atoms with Crippen molar-refractivity contribution in [3.8, 4) is 0 Å². The molecule has 1 aliphatic heterocycles. The van der Waals surface area contributed by atoms with Gasteiger partial charge in [-0.05, 0) is 32.4 Å². The van der Waals surface area contributed by atoms with Crippen LogP contribution in [0.15, 0.2) is 24.3 Å². The fourth-order valence-corrected chi connectivity index (χ4v) is 2.46. The van der Waals surface area contributed by atoms with E-state index in [0.717, 1.165) is 4.90 Å². The van der Waals surface area contributed by atoms with Crippen LogP contribution in [0, 0.1) is 0 Å². The number of hydrogen-bond donors (Lipinski definition) is 0. The summed E-state index contributed by atoms with van der Waals surface area (Å²) in [6.07, 6.45) is -0.208. The number of fused-ring (bicyclic) bond motifs is 1. The number of ketones is 1. The summed E-state index contributed by atoms with van der Waals surface area (Å²) >= 11 is 0. The minimum absolute atomic E-state index is 0.000748. The van der Waals surface area contributed by atoms with Crippen LogP contribution >= 0.6 is 0 Å². The number of anilines is 1. The minimum Gasteiger partial charge on any atom is -0.443 e. The van der Waals surface area contributed by atoms with E-state index in [-0.39, 0.29) is 12.2 Å². The van der Waals surface area contributed by atoms with Crippen molar-refractivity contribution in [2.24, 2.45) is 0 Å². The molecule has 0 spiro atoms. The number of hydrogen-bond acceptors (Lipinski definition) is 4. The molecular formula is C17H21NO4. The van der Waals surface area contributed by atoms with Crippen molar-refractivity contribution in [3.05, 3.63) is 29.8 Å². The lowest BCUT2D eigenvalue weighted by Crippen LogP contribution is -2.39. The Labute approximate surface area is 130 Å². The van der Waals surface area contributed by atoms with Gasteiger partial charge in [-0.15, -0.1) is 0 Å². The number of carbonyl (C=O) groups excluding carboxylic acids is 3. The van der Waals surface area contributed by atoms with Crippen molar-refractivity contribution in [2.45, 2.75) is 52.1 Å². The zero-order valence-electron chi connectivity index (χ0n) is 13.4. The largest absolute Gasteiger partial charge is 0.443 e. The maximum Gasteiger partial charge on any atom is 0.421 e. The van der Waals surface area contributed by atoms with Crippen molar-refractivity contribution in [1.82, 2.24) is 0 Å². The highest BCUT2D eigenvalue weighted by atomic mass is 16.6. The van der Waals surface area contributed by atoms with Gasteiger partial charge in [0.15, 0.2) is 0 Å². The van der Waals surface area contributed by atoms with Crippen molar-refractivity contribution < 1.29 is 19.1 Å². The number of nitrogens with zero attached hydrogens (tertiary/aromatic N) is 1. The predicted octanol–water partition coefficient (Wildman–Crippen LogP) is 3.42. The molecule has 1 atom stereocenters. The van der Waals surface area contributed by atoms with Crippen LogP contribution in [0.5, 0.6) is 0 Å². The molecule has 0 saturated carbocycles. The van der Waals surface area contributed by atoms with E-state index in [1.54, 1.807) is 52.0 Å². The van der Waals surface area contributed by atoms with Crippen LogP contribution in [-0.2, 0) is 14.3 Å². The first-order valence-corrected chi connectivity index (χ1v) is 7.42. The zero-order chi connectivity index (χ0) is 16.5. The fourth-order valence-electron chi connectivity index (χ4n) is 2.46. The van der Waals surface area contributed by atoms with Crippen LogP contribution in [0.3, 0.4) is 0 Å². The average Bonchev–Trinajstić information content (AvgIpc) is 2.70. The molecule has 0 N–H and O–H groups in total. The minimum atomic E-state index is -0.698. The Hall–Kier alpha value is -2.17. The molecule has 1 aromatic carbocycles. The molecule has 0 saturated heterocycles. The number of ether oxygens (including phenoxy) is 1. The molecule has 1 unspecified atom stereocenters. The molecule has 2 rings (SSSR count). The molecule has 0 aromatic heterocycles. The first-order valence-electron chi connectivity index (χ1n) is 7.42. The van der Waals surface area contributed by atoms with Gasteiger partial charge in [-0.3, -0.25) is 9.59 Å². The predicted molar refractivity (Wildman–Crippen MR) is 82.8 cm³/mol. The summed E-state index contributed by atoms with van der Waals surface area (Å²) in [6.45, 7) is 7.00. The fraction of sp³-hybridized carbons (Fsp3) is 0.471. The Morgan fingerprint density at radius 2 is 1.86 bits per heavy atom. The molecule has 0 radical (unpaired) electrons. The second-order valence-electron chi connectivity index (χ2n) is 6.36. The number of para-hydroxylation sites is 1. The normalized spacial score (nSPS) is 17.4. The third kappa shape index (κ3) is 3.18. The van der Waals surface area contributed by atoms with Crippen LogP contribution in [0.2, 0.25) is 0 Å². The maximum absolute atomic E-state index is 12.6. The third-order valence-electron chi connectivity index (χ3n) is 3.47. The van der Waals surface area contributed by atoms with Gasteiger partial charge in [0, 0.05) is 12.8 Å². The topological polar surface area (TPSA) is 63.7 Å². The van der Waals surface area contributed by atoms with E-state index in [1.165, 1.54) is 0 Å². The van der Waals surface area contributed by atoms with Gasteiger partial charge >= 0.3 is 6.09 Å². The average molecular weight is 303 g/mol. The van der Waals surface area contributed by atoms with Gasteiger partial charge in [0.1, 0.15) is 11.4 Å². The van der Waals surface area contributed by atoms with E-state index in [9.17, 15) is 14.4 Å². The molecule has 2 amide bonds. The summed E-state index contributed by atoms with van der Waals surface area (Å²) in [5.74, 6) is -0.993. The Morgan fingerprint density at radius 1 is 1.23 bits per heavy atom. The highest BCUT2D eigenvalue weighted by molar-refractivity contribution is 6.20. The number of rotatable bonds is 3. The molecule has 5 heteroatoms. The first-order chi connectivity index (χ1) is 10.2. The first kappa shape index (κ1) is 16.2. The summed E-state index contributed by atoms with van der Waals surface area (Å²) < 4.78 is 5.31. The number of amides is 2. The van der Waals surface area contributed by atoms with E-state index < -0.39 is 23.5 Å². The molecule has 118 valence electrons. The van der Waals surface area contributed by atoms with Gasteiger partial charge in [0.2, 0.25) is 5.91 Å². The standard InChI is InChI=1S/C17H21NO4/c1-5-11(19)10-13-12-8-6-7-9-14(12)18(15(13)20)16(21)22-17(2,3)4/h6-9,13H,5,10H2,1-4H3. The molecule has 0 bridgehead atoms. The van der Waals surface area contributed by atoms with Crippen molar-refractivity contribution in [3.63, 3.8) is 0 Å². The Kier molecular flexibility index (Phi) is 4.35. The van der Waals surface area contributed by atoms with Gasteiger partial charge < -0.3 is 4.74 Å². The molecule has 0 aliphatic carbocycles. The zero-order valence-corrected chi connectivity index (χ0v) is 13.4. The molecule has 0 fully saturated rings. The molecular weight excluding hydrogens is 282 g/mol. The van der Waals surface area contributed by atoms with Gasteiger partial charge in [0.05, 0.1) is 11.6 Å². The molecule has 1 aliphatic rings. The van der Waals surface area contributed by atoms with E-state index in [2.05, 4.69) is 0 Å². The summed E-state index contributed by atoms with van der Waals surface area (Å²) in [5, 5.41) is 0. The summed E-state index contributed by atoms with van der Waals surface area (Å²) in [5.41, 5.74) is 0.528. The van der Waals surface area contributed by atoms with Crippen LogP contribution in [0.1, 0.15) is 52.0 Å². The van der Waals surface area contributed by atoms with Crippen LogP contribution < -0.4 is 4.90 Å². The molecule has 1 heterocycles. The Balaban J connectivity index is 2.35. The Bertz CT molecular complexity index is 615. The quantitative estimate of drug-likeness (QED) is 0.858. The highest BCUT2D eigenvalue weighted by Gasteiger charge is 2.42. The van der Waals surface area contributed by atoms with Crippen LogP contribution in [0.25, 0.3) is 0 Å². The summed E-state index contributed by atoms with van der Waals surface area (Å²) in [6, 6.07) is 7.04. The van der Waals surface area contributed by atoms with Crippen LogP contribution in [-0.4, -0.2) is 23.4 Å². The maximum atomic E-state index is 12.6. The number of imide groups is 1. The van der Waals surface area contributed by atoms with Crippen LogP contribution in [0.4, 0.5) is 10.5 Å². The van der Waals surface area contributed by atoms with Gasteiger partial charge in [-0.25, -0.2) is 9.69 Å². The highest BCUT2D eigenvalue weighted by Crippen LogP contribution is 2.40. The molecule has 5 nitrogen and oxygen atoms in total. The lowest BCUT2D eigenvalue weighted by molar-refractivity contribution is -0.124. The van der Waals surface area contributed by atoms with E-state index in [0.29, 0.717) is 17.7 Å². The number of carbonyl (C=O) groups is 3. The molecule has 1 aromatic rings. The van der Waals surface area contributed by atoms with Gasteiger partial charge in [-0.2, -0.15) is 0 Å². The van der Waals surface area contributed by atoms with E-state index in [4.69, 9.17) is 4.74 Å². The number of Topliss-reactive ketones (excluding diaryl/α,β-unsaturated/α-hetero) is 1. The SMILES string of the molecule is CCC(=O)CC1C(=O)N(C(=O)OC(C)(C)C)c2ccccc21. The second-order valence-corrected chi connectivity index (χ2v) is 6.36. The monoisotopic (exact) mass is 303 g/mol.